The zero-order valence-electron chi connectivity index (χ0n) is 13.5. The molecule has 2 aromatic carbocycles. The van der Waals surface area contributed by atoms with E-state index in [0.29, 0.717) is 34.4 Å². The van der Waals surface area contributed by atoms with E-state index in [1.807, 2.05) is 0 Å². The molecule has 25 heavy (non-hydrogen) atoms. The fourth-order valence-electron chi connectivity index (χ4n) is 2.71. The van der Waals surface area contributed by atoms with Crippen molar-refractivity contribution < 1.29 is 18.7 Å². The highest BCUT2D eigenvalue weighted by molar-refractivity contribution is 9.10. The third-order valence-corrected chi connectivity index (χ3v) is 4.68. The van der Waals surface area contributed by atoms with Gasteiger partial charge in [0.15, 0.2) is 0 Å². The Morgan fingerprint density at radius 3 is 2.72 bits per heavy atom. The number of nitrogens with one attached hydrogen (secondary N) is 1. The van der Waals surface area contributed by atoms with Crippen molar-refractivity contribution in [2.75, 3.05) is 23.9 Å². The summed E-state index contributed by atoms with van der Waals surface area (Å²) >= 11 is 3.32. The number of methoxy groups -OCH3 is 1. The Kier molecular flexibility index (Phi) is 5.03. The number of hydrogen-bond donors (Lipinski definition) is 1. The van der Waals surface area contributed by atoms with Crippen LogP contribution in [0.1, 0.15) is 23.2 Å². The van der Waals surface area contributed by atoms with E-state index in [2.05, 4.69) is 21.2 Å². The van der Waals surface area contributed by atoms with Crippen LogP contribution < -0.4 is 15.0 Å². The molecule has 5 nitrogen and oxygen atoms in total. The van der Waals surface area contributed by atoms with E-state index in [1.165, 1.54) is 24.1 Å². The standard InChI is InChI=1S/C18H16BrFN2O3/c1-25-12-5-6-14(19)13(10-12)18(24)21-11-4-7-16(15(20)9-11)22-8-2-3-17(22)23/h4-7,9-10H,2-3,8H2,1H3,(H,21,24). The SMILES string of the molecule is COc1ccc(Br)c(C(=O)Nc2ccc(N3CCCC3=O)c(F)c2)c1. The fourth-order valence-corrected chi connectivity index (χ4v) is 3.14. The molecule has 0 radical (unpaired) electrons. The van der Waals surface area contributed by atoms with Gasteiger partial charge in [0.1, 0.15) is 11.6 Å². The summed E-state index contributed by atoms with van der Waals surface area (Å²) in [6.07, 6.45) is 1.16. The van der Waals surface area contributed by atoms with Crippen LogP contribution in [0.2, 0.25) is 0 Å². The molecule has 1 aliphatic rings. The lowest BCUT2D eigenvalue weighted by molar-refractivity contribution is -0.117. The molecule has 1 fully saturated rings. The second kappa shape index (κ2) is 7.23. The zero-order chi connectivity index (χ0) is 18.0. The summed E-state index contributed by atoms with van der Waals surface area (Å²) in [6, 6.07) is 9.32. The summed E-state index contributed by atoms with van der Waals surface area (Å²) in [7, 11) is 1.51. The molecule has 0 aliphatic carbocycles. The van der Waals surface area contributed by atoms with Crippen molar-refractivity contribution in [3.05, 3.63) is 52.3 Å². The highest BCUT2D eigenvalue weighted by Gasteiger charge is 2.24. The van der Waals surface area contributed by atoms with Gasteiger partial charge in [-0.1, -0.05) is 0 Å². The molecule has 7 heteroatoms. The molecular weight excluding hydrogens is 391 g/mol. The molecule has 0 aromatic heterocycles. The maximum Gasteiger partial charge on any atom is 0.256 e. The number of hydrogen-bond acceptors (Lipinski definition) is 3. The van der Waals surface area contributed by atoms with Crippen LogP contribution in [-0.2, 0) is 4.79 Å². The monoisotopic (exact) mass is 406 g/mol. The van der Waals surface area contributed by atoms with Crippen molar-refractivity contribution in [3.8, 4) is 5.75 Å². The van der Waals surface area contributed by atoms with Gasteiger partial charge in [0.2, 0.25) is 5.91 Å². The van der Waals surface area contributed by atoms with Gasteiger partial charge < -0.3 is 15.0 Å². The number of nitrogens with zero attached hydrogens (tertiary/aromatic N) is 1. The van der Waals surface area contributed by atoms with Crippen LogP contribution >= 0.6 is 15.9 Å². The Hall–Kier alpha value is -2.41. The Balaban J connectivity index is 1.80. The van der Waals surface area contributed by atoms with Gasteiger partial charge in [-0.2, -0.15) is 0 Å². The number of carbonyl (C=O) groups excluding carboxylic acids is 2. The van der Waals surface area contributed by atoms with Gasteiger partial charge in [-0.25, -0.2) is 4.39 Å². The van der Waals surface area contributed by atoms with Crippen LogP contribution in [0.3, 0.4) is 0 Å². The molecule has 0 saturated carbocycles. The third-order valence-electron chi connectivity index (χ3n) is 3.99. The Morgan fingerprint density at radius 1 is 1.28 bits per heavy atom. The first-order chi connectivity index (χ1) is 12.0. The van der Waals surface area contributed by atoms with Gasteiger partial charge in [-0.05, 0) is 58.7 Å². The van der Waals surface area contributed by atoms with Gasteiger partial charge in [-0.15, -0.1) is 0 Å². The van der Waals surface area contributed by atoms with Crippen molar-refractivity contribution in [2.45, 2.75) is 12.8 Å². The molecule has 0 atom stereocenters. The third kappa shape index (κ3) is 3.66. The summed E-state index contributed by atoms with van der Waals surface area (Å²) in [5.74, 6) is -0.480. The minimum Gasteiger partial charge on any atom is -0.497 e. The highest BCUT2D eigenvalue weighted by atomic mass is 79.9. The smallest absolute Gasteiger partial charge is 0.256 e. The van der Waals surface area contributed by atoms with E-state index in [0.717, 1.165) is 6.42 Å². The first-order valence-corrected chi connectivity index (χ1v) is 8.53. The molecule has 1 heterocycles. The van der Waals surface area contributed by atoms with E-state index in [4.69, 9.17) is 4.74 Å². The Morgan fingerprint density at radius 2 is 2.08 bits per heavy atom. The predicted molar refractivity (Wildman–Crippen MR) is 96.6 cm³/mol. The van der Waals surface area contributed by atoms with E-state index in [1.54, 1.807) is 24.3 Å². The molecule has 2 amide bonds. The minimum atomic E-state index is -0.544. The second-order valence-corrected chi connectivity index (χ2v) is 6.47. The minimum absolute atomic E-state index is 0.0870. The van der Waals surface area contributed by atoms with Gasteiger partial charge in [0.05, 0.1) is 18.4 Å². The molecule has 2 aromatic rings. The number of anilines is 2. The number of ether oxygens (including phenoxy) is 1. The molecule has 1 N–H and O–H groups in total. The maximum atomic E-state index is 14.4. The first-order valence-electron chi connectivity index (χ1n) is 7.74. The molecule has 0 spiro atoms. The molecule has 1 saturated heterocycles. The quantitative estimate of drug-likeness (QED) is 0.835. The van der Waals surface area contributed by atoms with Crippen LogP contribution in [0.15, 0.2) is 40.9 Å². The van der Waals surface area contributed by atoms with Crippen molar-refractivity contribution in [1.29, 1.82) is 0 Å². The van der Waals surface area contributed by atoms with Crippen molar-refractivity contribution in [1.82, 2.24) is 0 Å². The van der Waals surface area contributed by atoms with Crippen molar-refractivity contribution in [2.24, 2.45) is 0 Å². The Labute approximate surface area is 152 Å². The van der Waals surface area contributed by atoms with Gasteiger partial charge >= 0.3 is 0 Å². The number of amides is 2. The zero-order valence-corrected chi connectivity index (χ0v) is 15.1. The van der Waals surface area contributed by atoms with Crippen LogP contribution in [0.5, 0.6) is 5.75 Å². The summed E-state index contributed by atoms with van der Waals surface area (Å²) in [5, 5.41) is 2.65. The number of halogens is 2. The average Bonchev–Trinajstić information content (AvgIpc) is 3.01. The highest BCUT2D eigenvalue weighted by Crippen LogP contribution is 2.28. The Bertz CT molecular complexity index is 841. The number of benzene rings is 2. The van der Waals surface area contributed by atoms with E-state index >= 15 is 0 Å². The fraction of sp³-hybridized carbons (Fsp3) is 0.222. The predicted octanol–water partition coefficient (Wildman–Crippen LogP) is 3.98. The van der Waals surface area contributed by atoms with E-state index in [9.17, 15) is 14.0 Å². The van der Waals surface area contributed by atoms with Crippen LogP contribution in [0.25, 0.3) is 0 Å². The molecule has 3 rings (SSSR count). The maximum absolute atomic E-state index is 14.4. The summed E-state index contributed by atoms with van der Waals surface area (Å²) < 4.78 is 20.1. The van der Waals surface area contributed by atoms with Crippen LogP contribution in [0.4, 0.5) is 15.8 Å². The van der Waals surface area contributed by atoms with Gasteiger partial charge in [0.25, 0.3) is 5.91 Å². The van der Waals surface area contributed by atoms with Crippen molar-refractivity contribution >= 4 is 39.1 Å². The normalized spacial score (nSPS) is 13.9. The van der Waals surface area contributed by atoms with Crippen LogP contribution in [-0.4, -0.2) is 25.5 Å². The lowest BCUT2D eigenvalue weighted by atomic mass is 10.2. The number of carbonyl (C=O) groups is 2. The van der Waals surface area contributed by atoms with Crippen molar-refractivity contribution in [3.63, 3.8) is 0 Å². The summed E-state index contributed by atoms with van der Waals surface area (Å²) in [4.78, 5) is 25.6. The molecule has 1 aliphatic heterocycles. The molecular formula is C18H16BrFN2O3. The lowest BCUT2D eigenvalue weighted by Crippen LogP contribution is -2.24. The van der Waals surface area contributed by atoms with E-state index < -0.39 is 11.7 Å². The topological polar surface area (TPSA) is 58.6 Å². The molecule has 130 valence electrons. The summed E-state index contributed by atoms with van der Waals surface area (Å²) in [6.45, 7) is 0.512. The second-order valence-electron chi connectivity index (χ2n) is 5.62. The number of rotatable bonds is 4. The first kappa shape index (κ1) is 17.4. The largest absolute Gasteiger partial charge is 0.497 e. The molecule has 0 unspecified atom stereocenters. The summed E-state index contributed by atoms with van der Waals surface area (Å²) in [5.41, 5.74) is 0.925. The molecule has 0 bridgehead atoms. The van der Waals surface area contributed by atoms with Gasteiger partial charge in [-0.3, -0.25) is 9.59 Å². The lowest BCUT2D eigenvalue weighted by Gasteiger charge is -2.17. The van der Waals surface area contributed by atoms with Gasteiger partial charge in [0, 0.05) is 23.1 Å². The average molecular weight is 407 g/mol. The van der Waals surface area contributed by atoms with E-state index in [-0.39, 0.29) is 11.6 Å². The van der Waals surface area contributed by atoms with Crippen LogP contribution in [0, 0.1) is 5.82 Å².